The number of nitrogens with one attached hydrogen (secondary N) is 1. The van der Waals surface area contributed by atoms with Gasteiger partial charge in [0.15, 0.2) is 0 Å². The molecule has 0 aliphatic carbocycles. The van der Waals surface area contributed by atoms with Crippen LogP contribution in [0.5, 0.6) is 0 Å². The summed E-state index contributed by atoms with van der Waals surface area (Å²) in [4.78, 5) is 1.19. The smallest absolute Gasteiger partial charge is 0.0931 e. The minimum Gasteiger partial charge on any atom is -0.304 e. The van der Waals surface area contributed by atoms with Crippen molar-refractivity contribution in [3.05, 3.63) is 33.2 Å². The van der Waals surface area contributed by atoms with E-state index in [1.165, 1.54) is 4.88 Å². The average molecular weight is 271 g/mol. The first-order valence-corrected chi connectivity index (χ1v) is 6.75. The van der Waals surface area contributed by atoms with E-state index in [1.54, 1.807) is 22.2 Å². The van der Waals surface area contributed by atoms with Crippen molar-refractivity contribution in [1.29, 1.82) is 0 Å². The molecule has 0 amide bonds. The van der Waals surface area contributed by atoms with Gasteiger partial charge in [-0.2, -0.15) is 0 Å². The average Bonchev–Trinajstić information content (AvgIpc) is 2.90. The Balaban J connectivity index is 2.28. The SMILES string of the molecule is CCCNC(c1ccc(Cl)s1)c1cnnn1C. The molecular weight excluding hydrogens is 256 g/mol. The second kappa shape index (κ2) is 5.62. The van der Waals surface area contributed by atoms with Crippen LogP contribution in [0.1, 0.15) is 30.0 Å². The number of rotatable bonds is 5. The number of hydrogen-bond acceptors (Lipinski definition) is 4. The van der Waals surface area contributed by atoms with Gasteiger partial charge < -0.3 is 5.32 Å². The summed E-state index contributed by atoms with van der Waals surface area (Å²) in [7, 11) is 1.90. The molecule has 0 radical (unpaired) electrons. The second-order valence-corrected chi connectivity index (χ2v) is 5.56. The minimum absolute atomic E-state index is 0.118. The largest absolute Gasteiger partial charge is 0.304 e. The lowest BCUT2D eigenvalue weighted by Crippen LogP contribution is -2.24. The van der Waals surface area contributed by atoms with Gasteiger partial charge in [0.25, 0.3) is 0 Å². The molecule has 0 fully saturated rings. The van der Waals surface area contributed by atoms with Crippen molar-refractivity contribution in [3.63, 3.8) is 0 Å². The van der Waals surface area contributed by atoms with Crippen molar-refractivity contribution in [2.75, 3.05) is 6.54 Å². The molecule has 17 heavy (non-hydrogen) atoms. The maximum absolute atomic E-state index is 5.99. The van der Waals surface area contributed by atoms with Crippen LogP contribution in [-0.2, 0) is 7.05 Å². The molecular formula is C11H15ClN4S. The van der Waals surface area contributed by atoms with E-state index >= 15 is 0 Å². The third-order valence-corrected chi connectivity index (χ3v) is 3.82. The predicted octanol–water partition coefficient (Wildman–Crippen LogP) is 2.62. The van der Waals surface area contributed by atoms with Crippen LogP contribution in [0.25, 0.3) is 0 Å². The van der Waals surface area contributed by atoms with E-state index in [9.17, 15) is 0 Å². The van der Waals surface area contributed by atoms with Gasteiger partial charge in [-0.1, -0.05) is 23.7 Å². The highest BCUT2D eigenvalue weighted by Crippen LogP contribution is 2.30. The summed E-state index contributed by atoms with van der Waals surface area (Å²) >= 11 is 7.58. The summed E-state index contributed by atoms with van der Waals surface area (Å²) in [5.74, 6) is 0. The molecule has 92 valence electrons. The lowest BCUT2D eigenvalue weighted by molar-refractivity contribution is 0.556. The second-order valence-electron chi connectivity index (χ2n) is 3.81. The van der Waals surface area contributed by atoms with Gasteiger partial charge in [0.2, 0.25) is 0 Å². The normalized spacial score (nSPS) is 12.9. The first kappa shape index (κ1) is 12.5. The van der Waals surface area contributed by atoms with Crippen molar-refractivity contribution >= 4 is 22.9 Å². The van der Waals surface area contributed by atoms with Gasteiger partial charge in [0.05, 0.1) is 22.3 Å². The Morgan fingerprint density at radius 2 is 2.35 bits per heavy atom. The first-order valence-electron chi connectivity index (χ1n) is 5.55. The molecule has 0 saturated heterocycles. The van der Waals surface area contributed by atoms with E-state index in [1.807, 2.05) is 19.2 Å². The van der Waals surface area contributed by atoms with Gasteiger partial charge in [-0.05, 0) is 25.1 Å². The van der Waals surface area contributed by atoms with Crippen molar-refractivity contribution < 1.29 is 0 Å². The van der Waals surface area contributed by atoms with Crippen LogP contribution < -0.4 is 5.32 Å². The molecule has 0 aromatic carbocycles. The molecule has 4 nitrogen and oxygen atoms in total. The predicted molar refractivity (Wildman–Crippen MR) is 70.5 cm³/mol. The fourth-order valence-corrected chi connectivity index (χ4v) is 2.83. The number of hydrogen-bond donors (Lipinski definition) is 1. The lowest BCUT2D eigenvalue weighted by Gasteiger charge is -2.16. The van der Waals surface area contributed by atoms with E-state index in [2.05, 4.69) is 22.6 Å². The van der Waals surface area contributed by atoms with Crippen LogP contribution >= 0.6 is 22.9 Å². The maximum atomic E-state index is 5.99. The third kappa shape index (κ3) is 2.86. The highest BCUT2D eigenvalue weighted by atomic mass is 35.5. The Labute approximate surface area is 110 Å². The van der Waals surface area contributed by atoms with Crippen molar-refractivity contribution in [2.24, 2.45) is 7.05 Å². The van der Waals surface area contributed by atoms with E-state index in [4.69, 9.17) is 11.6 Å². The Morgan fingerprint density at radius 1 is 1.53 bits per heavy atom. The number of aryl methyl sites for hydroxylation is 1. The van der Waals surface area contributed by atoms with Crippen LogP contribution in [-0.4, -0.2) is 21.5 Å². The van der Waals surface area contributed by atoms with Crippen molar-refractivity contribution in [3.8, 4) is 0 Å². The summed E-state index contributed by atoms with van der Waals surface area (Å²) in [5.41, 5.74) is 1.05. The maximum Gasteiger partial charge on any atom is 0.0931 e. The quantitative estimate of drug-likeness (QED) is 0.908. The lowest BCUT2D eigenvalue weighted by atomic mass is 10.2. The Morgan fingerprint density at radius 3 is 2.88 bits per heavy atom. The molecule has 1 atom stereocenters. The number of aromatic nitrogens is 3. The van der Waals surface area contributed by atoms with Crippen LogP contribution in [0.4, 0.5) is 0 Å². The van der Waals surface area contributed by atoms with Gasteiger partial charge in [0.1, 0.15) is 0 Å². The molecule has 6 heteroatoms. The molecule has 0 spiro atoms. The number of halogens is 1. The Kier molecular flexibility index (Phi) is 4.15. The fourth-order valence-electron chi connectivity index (χ4n) is 1.68. The molecule has 2 aromatic rings. The van der Waals surface area contributed by atoms with E-state index in [0.717, 1.165) is 23.0 Å². The van der Waals surface area contributed by atoms with Crippen molar-refractivity contribution in [1.82, 2.24) is 20.3 Å². The van der Waals surface area contributed by atoms with Crippen LogP contribution in [0.2, 0.25) is 4.34 Å². The van der Waals surface area contributed by atoms with E-state index in [-0.39, 0.29) is 6.04 Å². The highest BCUT2D eigenvalue weighted by molar-refractivity contribution is 7.16. The van der Waals surface area contributed by atoms with E-state index < -0.39 is 0 Å². The molecule has 0 bridgehead atoms. The number of thiophene rings is 1. The molecule has 0 saturated carbocycles. The summed E-state index contributed by atoms with van der Waals surface area (Å²) < 4.78 is 2.60. The zero-order valence-corrected chi connectivity index (χ0v) is 11.4. The van der Waals surface area contributed by atoms with Gasteiger partial charge in [0, 0.05) is 11.9 Å². The minimum atomic E-state index is 0.118. The van der Waals surface area contributed by atoms with Crippen LogP contribution in [0, 0.1) is 0 Å². The standard InChI is InChI=1S/C11H15ClN4S/c1-3-6-13-11(8-7-14-15-16(8)2)9-4-5-10(12)17-9/h4-5,7,11,13H,3,6H2,1-2H3. The topological polar surface area (TPSA) is 42.7 Å². The van der Waals surface area contributed by atoms with Gasteiger partial charge in [-0.3, -0.25) is 4.68 Å². The number of nitrogens with zero attached hydrogens (tertiary/aromatic N) is 3. The first-order chi connectivity index (χ1) is 8.22. The fraction of sp³-hybridized carbons (Fsp3) is 0.455. The summed E-state index contributed by atoms with van der Waals surface area (Å²) in [6, 6.07) is 4.09. The molecule has 2 aromatic heterocycles. The summed E-state index contributed by atoms with van der Waals surface area (Å²) in [5, 5.41) is 11.4. The Hall–Kier alpha value is -0.910. The van der Waals surface area contributed by atoms with Gasteiger partial charge in [-0.15, -0.1) is 16.4 Å². The van der Waals surface area contributed by atoms with E-state index in [0.29, 0.717) is 0 Å². The zero-order chi connectivity index (χ0) is 12.3. The third-order valence-electron chi connectivity index (χ3n) is 2.52. The summed E-state index contributed by atoms with van der Waals surface area (Å²) in [6.45, 7) is 3.10. The Bertz CT molecular complexity index is 479. The summed E-state index contributed by atoms with van der Waals surface area (Å²) in [6.07, 6.45) is 2.88. The van der Waals surface area contributed by atoms with Crippen LogP contribution in [0.15, 0.2) is 18.3 Å². The highest BCUT2D eigenvalue weighted by Gasteiger charge is 2.18. The van der Waals surface area contributed by atoms with Crippen molar-refractivity contribution in [2.45, 2.75) is 19.4 Å². The molecule has 0 aliphatic heterocycles. The van der Waals surface area contributed by atoms with Gasteiger partial charge in [-0.25, -0.2) is 0 Å². The monoisotopic (exact) mass is 270 g/mol. The van der Waals surface area contributed by atoms with Crippen LogP contribution in [0.3, 0.4) is 0 Å². The molecule has 1 N–H and O–H groups in total. The molecule has 1 unspecified atom stereocenters. The molecule has 2 heterocycles. The van der Waals surface area contributed by atoms with Gasteiger partial charge >= 0.3 is 0 Å². The molecule has 2 rings (SSSR count). The zero-order valence-electron chi connectivity index (χ0n) is 9.85. The molecule has 0 aliphatic rings.